The van der Waals surface area contributed by atoms with Crippen molar-refractivity contribution >= 4 is 19.7 Å². The molecule has 0 fully saturated rings. The van der Waals surface area contributed by atoms with Crippen LogP contribution in [-0.2, 0) is 19.7 Å². The fraction of sp³-hybridized carbons (Fsp3) is 0.478. The standard InChI is InChI=1S/2C23H29FO4S/c2*1-4-6-13-23(5-2)15-29(26,27)20-12-11-16(28-3)14-18(20)21(22(23)25)17-9-7-8-10-19(17)24/h2*7-12,14,21-22,25H,4-6,13,15H2,1-3H3/t21-,22-,23+;21-,22-,23-/m01/s1. The summed E-state index contributed by atoms with van der Waals surface area (Å²) in [6.07, 6.45) is 3.39. The van der Waals surface area contributed by atoms with E-state index in [-0.39, 0.29) is 21.3 Å². The first kappa shape index (κ1) is 45.2. The number of aliphatic hydroxyl groups excluding tert-OH is 2. The van der Waals surface area contributed by atoms with Gasteiger partial charge in [-0.25, -0.2) is 25.6 Å². The molecule has 4 aromatic carbocycles. The largest absolute Gasteiger partial charge is 0.497 e. The highest BCUT2D eigenvalue weighted by molar-refractivity contribution is 7.91. The minimum Gasteiger partial charge on any atom is -0.497 e. The third-order valence-corrected chi connectivity index (χ3v) is 16.6. The summed E-state index contributed by atoms with van der Waals surface area (Å²) in [7, 11) is -4.36. The van der Waals surface area contributed by atoms with Gasteiger partial charge in [-0.3, -0.25) is 0 Å². The average molecular weight is 841 g/mol. The Balaban J connectivity index is 0.000000221. The van der Waals surface area contributed by atoms with Crippen molar-refractivity contribution in [2.75, 3.05) is 25.7 Å². The van der Waals surface area contributed by atoms with Gasteiger partial charge in [0.15, 0.2) is 19.7 Å². The van der Waals surface area contributed by atoms with Gasteiger partial charge >= 0.3 is 0 Å². The topological polar surface area (TPSA) is 127 Å². The van der Waals surface area contributed by atoms with Gasteiger partial charge in [0.1, 0.15) is 23.1 Å². The summed E-state index contributed by atoms with van der Waals surface area (Å²) in [5.74, 6) is -1.85. The zero-order valence-corrected chi connectivity index (χ0v) is 36.0. The molecule has 0 spiro atoms. The second-order valence-electron chi connectivity index (χ2n) is 15.9. The van der Waals surface area contributed by atoms with Crippen LogP contribution in [0.15, 0.2) is 94.7 Å². The Kier molecular flexibility index (Phi) is 14.5. The number of hydrogen-bond acceptors (Lipinski definition) is 8. The predicted octanol–water partition coefficient (Wildman–Crippen LogP) is 9.40. The predicted molar refractivity (Wildman–Crippen MR) is 223 cm³/mol. The summed E-state index contributed by atoms with van der Waals surface area (Å²) in [5.41, 5.74) is -0.299. The highest BCUT2D eigenvalue weighted by Crippen LogP contribution is 2.51. The van der Waals surface area contributed by atoms with E-state index in [2.05, 4.69) is 0 Å². The van der Waals surface area contributed by atoms with Crippen molar-refractivity contribution in [3.63, 3.8) is 0 Å². The Morgan fingerprint density at radius 1 is 0.586 bits per heavy atom. The molecular formula is C46H58F2O8S2. The van der Waals surface area contributed by atoms with E-state index in [1.165, 1.54) is 38.5 Å². The van der Waals surface area contributed by atoms with Crippen LogP contribution in [-0.4, -0.2) is 65.0 Å². The number of aliphatic hydroxyl groups is 2. The van der Waals surface area contributed by atoms with E-state index < -0.39 is 66.2 Å². The molecule has 4 aromatic rings. The van der Waals surface area contributed by atoms with Crippen molar-refractivity contribution in [1.82, 2.24) is 0 Å². The summed E-state index contributed by atoms with van der Waals surface area (Å²) in [5, 5.41) is 23.3. The van der Waals surface area contributed by atoms with Crippen LogP contribution >= 0.6 is 0 Å². The van der Waals surface area contributed by atoms with Gasteiger partial charge in [-0.1, -0.05) is 89.8 Å². The van der Waals surface area contributed by atoms with Gasteiger partial charge in [-0.05, 0) is 96.5 Å². The molecule has 0 aliphatic carbocycles. The Bertz CT molecular complexity index is 2100. The van der Waals surface area contributed by atoms with Gasteiger partial charge in [-0.2, -0.15) is 0 Å². The number of hydrogen-bond donors (Lipinski definition) is 2. The zero-order chi connectivity index (χ0) is 42.5. The van der Waals surface area contributed by atoms with E-state index in [9.17, 15) is 35.8 Å². The average Bonchev–Trinajstić information content (AvgIpc) is 3.34. The summed E-state index contributed by atoms with van der Waals surface area (Å²) in [6, 6.07) is 22.1. The van der Waals surface area contributed by atoms with E-state index in [0.717, 1.165) is 25.7 Å². The monoisotopic (exact) mass is 840 g/mol. The lowest BCUT2D eigenvalue weighted by atomic mass is 9.69. The maximum atomic E-state index is 14.9. The molecule has 2 aliphatic heterocycles. The summed E-state index contributed by atoms with van der Waals surface area (Å²) in [6.45, 7) is 7.89. The van der Waals surface area contributed by atoms with Crippen molar-refractivity contribution < 1.29 is 45.3 Å². The number of ether oxygens (including phenoxy) is 2. The first-order valence-electron chi connectivity index (χ1n) is 20.3. The van der Waals surface area contributed by atoms with E-state index in [1.54, 1.807) is 60.7 Å². The van der Waals surface area contributed by atoms with E-state index >= 15 is 0 Å². The SMILES string of the molecule is CCCC[C@]1(CC)CS(=O)(=O)c2ccc(OC)cc2[C@@H](c2ccccc2F)[C@H]1O.CCCC[C@]1(CC)CS(=O)(=O)c2ccc(OC)cc2[C@H](c2ccccc2F)[C@@H]1O. The number of benzene rings is 4. The summed E-state index contributed by atoms with van der Waals surface area (Å²) in [4.78, 5) is 0.301. The molecule has 2 heterocycles. The second-order valence-corrected chi connectivity index (χ2v) is 19.8. The Morgan fingerprint density at radius 2 is 0.948 bits per heavy atom. The van der Waals surface area contributed by atoms with Crippen molar-refractivity contribution in [2.24, 2.45) is 10.8 Å². The highest BCUT2D eigenvalue weighted by Gasteiger charge is 2.51. The normalized spacial score (nSPS) is 25.8. The van der Waals surface area contributed by atoms with Gasteiger partial charge < -0.3 is 19.7 Å². The van der Waals surface area contributed by atoms with Crippen molar-refractivity contribution in [3.8, 4) is 11.5 Å². The molecule has 0 amide bonds. The zero-order valence-electron chi connectivity index (χ0n) is 34.4. The van der Waals surface area contributed by atoms with E-state index in [4.69, 9.17) is 9.47 Å². The van der Waals surface area contributed by atoms with Crippen molar-refractivity contribution in [3.05, 3.63) is 119 Å². The van der Waals surface area contributed by atoms with Crippen molar-refractivity contribution in [1.29, 1.82) is 0 Å². The second kappa shape index (κ2) is 18.6. The molecule has 0 saturated heterocycles. The molecule has 6 rings (SSSR count). The molecule has 8 nitrogen and oxygen atoms in total. The summed E-state index contributed by atoms with van der Waals surface area (Å²) < 4.78 is 93.9. The van der Waals surface area contributed by atoms with Gasteiger partial charge in [0.05, 0.1) is 47.7 Å². The van der Waals surface area contributed by atoms with E-state index in [1.807, 2.05) is 27.7 Å². The van der Waals surface area contributed by atoms with Crippen LogP contribution in [0, 0.1) is 22.5 Å². The Morgan fingerprint density at radius 3 is 1.26 bits per heavy atom. The first-order valence-corrected chi connectivity index (χ1v) is 23.6. The molecule has 58 heavy (non-hydrogen) atoms. The van der Waals surface area contributed by atoms with Crippen molar-refractivity contribution in [2.45, 2.75) is 113 Å². The van der Waals surface area contributed by atoms with Crippen LogP contribution in [0.2, 0.25) is 0 Å². The van der Waals surface area contributed by atoms with Gasteiger partial charge in [0, 0.05) is 22.7 Å². The van der Waals surface area contributed by atoms with Gasteiger partial charge in [-0.15, -0.1) is 0 Å². The first-order chi connectivity index (χ1) is 27.6. The quantitative estimate of drug-likeness (QED) is 0.145. The molecule has 0 unspecified atom stereocenters. The smallest absolute Gasteiger partial charge is 0.179 e. The molecular weight excluding hydrogens is 783 g/mol. The Hall–Kier alpha value is -3.84. The third kappa shape index (κ3) is 8.86. The minimum atomic E-state index is -3.68. The fourth-order valence-electron chi connectivity index (χ4n) is 9.09. The lowest BCUT2D eigenvalue weighted by Crippen LogP contribution is -2.42. The molecule has 0 bridgehead atoms. The fourth-order valence-corrected chi connectivity index (χ4v) is 13.6. The number of fused-ring (bicyclic) bond motifs is 2. The van der Waals surface area contributed by atoms with Gasteiger partial charge in [0.2, 0.25) is 0 Å². The molecule has 2 aliphatic rings. The number of methoxy groups -OCH3 is 2. The number of unbranched alkanes of at least 4 members (excludes halogenated alkanes) is 2. The summed E-state index contributed by atoms with van der Waals surface area (Å²) >= 11 is 0. The lowest BCUT2D eigenvalue weighted by Gasteiger charge is -2.39. The van der Waals surface area contributed by atoms with Crippen LogP contribution in [0.3, 0.4) is 0 Å². The van der Waals surface area contributed by atoms with Crippen LogP contribution in [0.1, 0.15) is 113 Å². The molecule has 0 radical (unpaired) electrons. The highest BCUT2D eigenvalue weighted by atomic mass is 32.2. The van der Waals surface area contributed by atoms with Crippen LogP contribution < -0.4 is 9.47 Å². The maximum absolute atomic E-state index is 14.9. The van der Waals surface area contributed by atoms with Gasteiger partial charge in [0.25, 0.3) is 0 Å². The molecule has 6 atom stereocenters. The Labute approximate surface area is 343 Å². The molecule has 0 aromatic heterocycles. The number of sulfone groups is 2. The minimum absolute atomic E-state index is 0.150. The molecule has 316 valence electrons. The lowest BCUT2D eigenvalue weighted by molar-refractivity contribution is 0.0166. The van der Waals surface area contributed by atoms with Crippen LogP contribution in [0.4, 0.5) is 8.78 Å². The molecule has 2 N–H and O–H groups in total. The number of halogens is 2. The third-order valence-electron chi connectivity index (χ3n) is 12.6. The molecule has 0 saturated carbocycles. The van der Waals surface area contributed by atoms with Crippen LogP contribution in [0.5, 0.6) is 11.5 Å². The van der Waals surface area contributed by atoms with E-state index in [0.29, 0.717) is 59.4 Å². The number of rotatable bonds is 12. The maximum Gasteiger partial charge on any atom is 0.179 e. The van der Waals surface area contributed by atoms with Crippen LogP contribution in [0.25, 0.3) is 0 Å². The molecule has 12 heteroatoms.